The molecular weight excluding hydrogens is 218 g/mol. The standard InChI is InChI=1S/C8H17N3O3S/c9-3-1-5-15(13,14)11-4-2-7(6-11)8(10)12/h7H,1-6,9H2,(H2,10,12). The Balaban J connectivity index is 2.56. The lowest BCUT2D eigenvalue weighted by atomic mass is 10.1. The third-order valence-corrected chi connectivity index (χ3v) is 4.48. The Morgan fingerprint density at radius 2 is 2.13 bits per heavy atom. The lowest BCUT2D eigenvalue weighted by Gasteiger charge is -2.15. The van der Waals surface area contributed by atoms with Crippen LogP contribution < -0.4 is 11.5 Å². The molecule has 0 spiro atoms. The Bertz CT molecular complexity index is 328. The summed E-state index contributed by atoms with van der Waals surface area (Å²) in [5.41, 5.74) is 10.4. The minimum atomic E-state index is -3.24. The highest BCUT2D eigenvalue weighted by molar-refractivity contribution is 7.89. The Morgan fingerprint density at radius 1 is 1.47 bits per heavy atom. The number of carbonyl (C=O) groups excluding carboxylic acids is 1. The fourth-order valence-electron chi connectivity index (χ4n) is 1.61. The molecule has 1 unspecified atom stereocenters. The second-order valence-corrected chi connectivity index (χ2v) is 5.79. The zero-order valence-electron chi connectivity index (χ0n) is 8.55. The molecule has 1 aliphatic heterocycles. The molecule has 0 bridgehead atoms. The number of nitrogens with zero attached hydrogens (tertiary/aromatic N) is 1. The molecule has 1 fully saturated rings. The van der Waals surface area contributed by atoms with Crippen LogP contribution in [0.1, 0.15) is 12.8 Å². The summed E-state index contributed by atoms with van der Waals surface area (Å²) in [6.45, 7) is 0.967. The number of rotatable bonds is 5. The molecule has 1 saturated heterocycles. The van der Waals surface area contributed by atoms with E-state index in [2.05, 4.69) is 0 Å². The van der Waals surface area contributed by atoms with Crippen LogP contribution in [0.4, 0.5) is 0 Å². The van der Waals surface area contributed by atoms with Crippen molar-refractivity contribution in [1.29, 1.82) is 0 Å². The molecule has 0 aromatic carbocycles. The van der Waals surface area contributed by atoms with Gasteiger partial charge in [-0.15, -0.1) is 0 Å². The van der Waals surface area contributed by atoms with E-state index in [0.29, 0.717) is 25.9 Å². The van der Waals surface area contributed by atoms with Crippen molar-refractivity contribution in [1.82, 2.24) is 4.31 Å². The Hall–Kier alpha value is -0.660. The number of sulfonamides is 1. The summed E-state index contributed by atoms with van der Waals surface area (Å²) in [6.07, 6.45) is 0.970. The van der Waals surface area contributed by atoms with Crippen LogP contribution in [0.15, 0.2) is 0 Å². The maximum Gasteiger partial charge on any atom is 0.221 e. The minimum Gasteiger partial charge on any atom is -0.369 e. The minimum absolute atomic E-state index is 0.0506. The van der Waals surface area contributed by atoms with E-state index in [1.807, 2.05) is 0 Å². The monoisotopic (exact) mass is 235 g/mol. The Labute approximate surface area is 89.6 Å². The first-order valence-electron chi connectivity index (χ1n) is 4.94. The largest absolute Gasteiger partial charge is 0.369 e. The molecule has 1 atom stereocenters. The van der Waals surface area contributed by atoms with Crippen LogP contribution in [0, 0.1) is 5.92 Å². The number of carbonyl (C=O) groups is 1. The molecule has 4 N–H and O–H groups in total. The summed E-state index contributed by atoms with van der Waals surface area (Å²) in [4.78, 5) is 10.9. The number of nitrogens with two attached hydrogens (primary N) is 2. The molecule has 1 heterocycles. The summed E-state index contributed by atoms with van der Waals surface area (Å²) in [5.74, 6) is -0.709. The topological polar surface area (TPSA) is 106 Å². The van der Waals surface area contributed by atoms with E-state index in [4.69, 9.17) is 11.5 Å². The highest BCUT2D eigenvalue weighted by Crippen LogP contribution is 2.19. The summed E-state index contributed by atoms with van der Waals surface area (Å²) in [5, 5.41) is 0. The van der Waals surface area contributed by atoms with Gasteiger partial charge in [-0.3, -0.25) is 4.79 Å². The number of hydrogen-bond donors (Lipinski definition) is 2. The van der Waals surface area contributed by atoms with Crippen molar-refractivity contribution in [2.24, 2.45) is 17.4 Å². The van der Waals surface area contributed by atoms with E-state index in [9.17, 15) is 13.2 Å². The van der Waals surface area contributed by atoms with Crippen LogP contribution in [0.25, 0.3) is 0 Å². The van der Waals surface area contributed by atoms with Crippen molar-refractivity contribution in [2.75, 3.05) is 25.4 Å². The maximum absolute atomic E-state index is 11.7. The first-order valence-corrected chi connectivity index (χ1v) is 6.55. The van der Waals surface area contributed by atoms with Crippen LogP contribution in [-0.2, 0) is 14.8 Å². The smallest absolute Gasteiger partial charge is 0.221 e. The van der Waals surface area contributed by atoms with Crippen LogP contribution in [0.2, 0.25) is 0 Å². The van der Waals surface area contributed by atoms with E-state index in [0.717, 1.165) is 0 Å². The van der Waals surface area contributed by atoms with Crippen molar-refractivity contribution < 1.29 is 13.2 Å². The van der Waals surface area contributed by atoms with Gasteiger partial charge in [0.2, 0.25) is 15.9 Å². The molecule has 15 heavy (non-hydrogen) atoms. The zero-order valence-corrected chi connectivity index (χ0v) is 9.37. The molecule has 0 aromatic heterocycles. The lowest BCUT2D eigenvalue weighted by Crippen LogP contribution is -2.33. The van der Waals surface area contributed by atoms with Crippen LogP contribution >= 0.6 is 0 Å². The highest BCUT2D eigenvalue weighted by atomic mass is 32.2. The van der Waals surface area contributed by atoms with Gasteiger partial charge in [-0.25, -0.2) is 12.7 Å². The van der Waals surface area contributed by atoms with Gasteiger partial charge in [0.05, 0.1) is 11.7 Å². The second kappa shape index (κ2) is 4.91. The molecule has 1 amide bonds. The van der Waals surface area contributed by atoms with E-state index in [-0.39, 0.29) is 18.2 Å². The maximum atomic E-state index is 11.7. The first-order chi connectivity index (χ1) is 6.97. The SMILES string of the molecule is NCCCS(=O)(=O)N1CCC(C(N)=O)C1. The lowest BCUT2D eigenvalue weighted by molar-refractivity contribution is -0.121. The Kier molecular flexibility index (Phi) is 4.06. The molecule has 88 valence electrons. The molecule has 7 heteroatoms. The summed E-state index contributed by atoms with van der Waals surface area (Å²) >= 11 is 0. The zero-order chi connectivity index (χ0) is 11.5. The van der Waals surface area contributed by atoms with Gasteiger partial charge >= 0.3 is 0 Å². The van der Waals surface area contributed by atoms with Crippen molar-refractivity contribution in [3.63, 3.8) is 0 Å². The number of amides is 1. The van der Waals surface area contributed by atoms with Crippen LogP contribution in [-0.4, -0.2) is 44.0 Å². The fraction of sp³-hybridized carbons (Fsp3) is 0.875. The second-order valence-electron chi connectivity index (χ2n) is 3.70. The normalized spacial score (nSPS) is 23.1. The van der Waals surface area contributed by atoms with Crippen molar-refractivity contribution >= 4 is 15.9 Å². The van der Waals surface area contributed by atoms with Gasteiger partial charge in [0.25, 0.3) is 0 Å². The molecule has 6 nitrogen and oxygen atoms in total. The summed E-state index contributed by atoms with van der Waals surface area (Å²) in [7, 11) is -3.24. The quantitative estimate of drug-likeness (QED) is 0.603. The van der Waals surface area contributed by atoms with Gasteiger partial charge in [-0.2, -0.15) is 0 Å². The van der Waals surface area contributed by atoms with Gasteiger partial charge in [0.1, 0.15) is 0 Å². The van der Waals surface area contributed by atoms with Crippen LogP contribution in [0.5, 0.6) is 0 Å². The van der Waals surface area contributed by atoms with Crippen LogP contribution in [0.3, 0.4) is 0 Å². The Morgan fingerprint density at radius 3 is 2.60 bits per heavy atom. The van der Waals surface area contributed by atoms with E-state index >= 15 is 0 Å². The predicted molar refractivity (Wildman–Crippen MR) is 56.3 cm³/mol. The summed E-state index contributed by atoms with van der Waals surface area (Å²) in [6, 6.07) is 0. The van der Waals surface area contributed by atoms with E-state index in [1.54, 1.807) is 0 Å². The molecular formula is C8H17N3O3S. The van der Waals surface area contributed by atoms with Gasteiger partial charge in [-0.05, 0) is 19.4 Å². The number of hydrogen-bond acceptors (Lipinski definition) is 4. The fourth-order valence-corrected chi connectivity index (χ4v) is 3.19. The van der Waals surface area contributed by atoms with Gasteiger partial charge in [-0.1, -0.05) is 0 Å². The van der Waals surface area contributed by atoms with E-state index < -0.39 is 15.9 Å². The molecule has 0 saturated carbocycles. The highest BCUT2D eigenvalue weighted by Gasteiger charge is 2.33. The third kappa shape index (κ3) is 3.15. The van der Waals surface area contributed by atoms with Gasteiger partial charge < -0.3 is 11.5 Å². The predicted octanol–water partition coefficient (Wildman–Crippen LogP) is -1.53. The molecule has 1 aliphatic rings. The average Bonchev–Trinajstić information content (AvgIpc) is 2.64. The first kappa shape index (κ1) is 12.4. The molecule has 0 aromatic rings. The van der Waals surface area contributed by atoms with Crippen molar-refractivity contribution in [3.05, 3.63) is 0 Å². The molecule has 0 radical (unpaired) electrons. The number of primary amides is 1. The third-order valence-electron chi connectivity index (χ3n) is 2.55. The van der Waals surface area contributed by atoms with E-state index in [1.165, 1.54) is 4.31 Å². The average molecular weight is 235 g/mol. The molecule has 1 rings (SSSR count). The van der Waals surface area contributed by atoms with Crippen molar-refractivity contribution in [2.45, 2.75) is 12.8 Å². The van der Waals surface area contributed by atoms with Gasteiger partial charge in [0, 0.05) is 13.1 Å². The summed E-state index contributed by atoms with van der Waals surface area (Å²) < 4.78 is 24.7. The molecule has 0 aliphatic carbocycles. The van der Waals surface area contributed by atoms with Gasteiger partial charge in [0.15, 0.2) is 0 Å². The van der Waals surface area contributed by atoms with Crippen molar-refractivity contribution in [3.8, 4) is 0 Å².